The summed E-state index contributed by atoms with van der Waals surface area (Å²) >= 11 is 30.0. The predicted octanol–water partition coefficient (Wildman–Crippen LogP) is 13.3. The van der Waals surface area contributed by atoms with E-state index in [-0.39, 0.29) is 0 Å². The van der Waals surface area contributed by atoms with Crippen molar-refractivity contribution in [2.24, 2.45) is 0 Å². The molecule has 204 valence electrons. The first-order valence-electron chi connectivity index (χ1n) is 12.7. The molecule has 41 heavy (non-hydrogen) atoms. The summed E-state index contributed by atoms with van der Waals surface area (Å²) < 4.78 is 0. The van der Waals surface area contributed by atoms with Crippen molar-refractivity contribution in [1.29, 1.82) is 0 Å². The third-order valence-electron chi connectivity index (χ3n) is 6.04. The maximum atomic E-state index is 6.12. The van der Waals surface area contributed by atoms with E-state index in [4.69, 9.17) is 58.0 Å². The van der Waals surface area contributed by atoms with E-state index in [1.54, 1.807) is 12.1 Å². The molecule has 0 bridgehead atoms. The predicted molar refractivity (Wildman–Crippen MR) is 181 cm³/mol. The van der Waals surface area contributed by atoms with Gasteiger partial charge in [-0.05, 0) is 34.4 Å². The van der Waals surface area contributed by atoms with Crippen LogP contribution in [-0.4, -0.2) is 0 Å². The van der Waals surface area contributed by atoms with Crippen molar-refractivity contribution in [3.63, 3.8) is 0 Å². The van der Waals surface area contributed by atoms with Crippen molar-refractivity contribution in [2.45, 2.75) is 0 Å². The Morgan fingerprint density at radius 3 is 1.05 bits per heavy atom. The molecule has 0 aliphatic carbocycles. The molecule has 0 N–H and O–H groups in total. The van der Waals surface area contributed by atoms with Gasteiger partial charge in [-0.25, -0.2) is 0 Å². The van der Waals surface area contributed by atoms with E-state index in [9.17, 15) is 0 Å². The second-order valence-electron chi connectivity index (χ2n) is 8.79. The zero-order valence-corrected chi connectivity index (χ0v) is 25.6. The molecule has 0 atom stereocenters. The van der Waals surface area contributed by atoms with Gasteiger partial charge in [0.25, 0.3) is 0 Å². The Balaban J connectivity index is 0.000000142. The van der Waals surface area contributed by atoms with Crippen LogP contribution in [0.4, 0.5) is 0 Å². The minimum absolute atomic E-state index is 0.402. The molecule has 0 spiro atoms. The van der Waals surface area contributed by atoms with E-state index in [2.05, 4.69) is 48.5 Å². The third-order valence-corrected chi connectivity index (χ3v) is 8.15. The van der Waals surface area contributed by atoms with Crippen LogP contribution in [0.3, 0.4) is 0 Å². The lowest BCUT2D eigenvalue weighted by atomic mass is 10.1. The summed E-state index contributed by atoms with van der Waals surface area (Å²) in [4.78, 5) is 0. The monoisotopic (exact) mass is 632 g/mol. The van der Waals surface area contributed by atoms with Gasteiger partial charge < -0.3 is 0 Å². The standard InChI is InChI=1S/C12H7Cl3.C12H8Cl2.C12H10/c13-10-7-6-9(11(14)12(10)15)8-4-2-1-3-5-8;13-11-8-4-7-10(12(11)14)9-5-2-1-3-6-9;1-3-7-11(8-4-1)12-9-5-2-6-10-12/h1-7H;1-8H;1-10H. The quantitative estimate of drug-likeness (QED) is 0.170. The zero-order valence-electron chi connectivity index (χ0n) is 21.8. The number of hydrogen-bond donors (Lipinski definition) is 0. The molecule has 0 saturated heterocycles. The highest BCUT2D eigenvalue weighted by molar-refractivity contribution is 6.49. The Morgan fingerprint density at radius 2 is 0.610 bits per heavy atom. The summed E-state index contributed by atoms with van der Waals surface area (Å²) in [5, 5.41) is 2.57. The molecule has 0 unspecified atom stereocenters. The van der Waals surface area contributed by atoms with Crippen LogP contribution in [0.5, 0.6) is 0 Å². The SMILES string of the molecule is Clc1ccc(-c2ccccc2)c(Cl)c1Cl.Clc1cccc(-c2ccccc2)c1Cl.c1ccc(-c2ccccc2)cc1. The van der Waals surface area contributed by atoms with Gasteiger partial charge in [0.15, 0.2) is 0 Å². The molecule has 6 aromatic carbocycles. The van der Waals surface area contributed by atoms with Crippen molar-refractivity contribution in [1.82, 2.24) is 0 Å². The first-order valence-corrected chi connectivity index (χ1v) is 14.6. The van der Waals surface area contributed by atoms with Crippen LogP contribution < -0.4 is 0 Å². The van der Waals surface area contributed by atoms with Gasteiger partial charge in [-0.15, -0.1) is 0 Å². The first kappa shape index (κ1) is 30.7. The van der Waals surface area contributed by atoms with Gasteiger partial charge in [0.05, 0.1) is 25.1 Å². The Bertz CT molecular complexity index is 1620. The van der Waals surface area contributed by atoms with E-state index in [0.29, 0.717) is 25.1 Å². The van der Waals surface area contributed by atoms with E-state index in [1.165, 1.54) is 11.1 Å². The second kappa shape index (κ2) is 15.7. The molecule has 6 rings (SSSR count). The van der Waals surface area contributed by atoms with Gasteiger partial charge in [-0.1, -0.05) is 198 Å². The molecular formula is C36H25Cl5. The molecule has 0 heterocycles. The van der Waals surface area contributed by atoms with Crippen LogP contribution in [0.1, 0.15) is 0 Å². The van der Waals surface area contributed by atoms with Gasteiger partial charge in [0.2, 0.25) is 0 Å². The Morgan fingerprint density at radius 1 is 0.244 bits per heavy atom. The van der Waals surface area contributed by atoms with Crippen LogP contribution in [0.2, 0.25) is 25.1 Å². The minimum atomic E-state index is 0.402. The molecule has 0 saturated carbocycles. The average molecular weight is 635 g/mol. The van der Waals surface area contributed by atoms with Crippen molar-refractivity contribution in [2.75, 3.05) is 0 Å². The van der Waals surface area contributed by atoms with Crippen molar-refractivity contribution < 1.29 is 0 Å². The van der Waals surface area contributed by atoms with Crippen molar-refractivity contribution in [3.05, 3.63) is 177 Å². The Kier molecular flexibility index (Phi) is 11.8. The lowest BCUT2D eigenvalue weighted by molar-refractivity contribution is 1.62. The number of hydrogen-bond acceptors (Lipinski definition) is 0. The molecule has 0 amide bonds. The van der Waals surface area contributed by atoms with E-state index >= 15 is 0 Å². The third kappa shape index (κ3) is 8.63. The highest BCUT2D eigenvalue weighted by Crippen LogP contribution is 2.38. The van der Waals surface area contributed by atoms with E-state index < -0.39 is 0 Å². The summed E-state index contributed by atoms with van der Waals surface area (Å²) in [7, 11) is 0. The molecule has 0 aliphatic rings. The number of halogens is 5. The highest BCUT2D eigenvalue weighted by atomic mass is 35.5. The van der Waals surface area contributed by atoms with Crippen LogP contribution in [-0.2, 0) is 0 Å². The smallest absolute Gasteiger partial charge is 0.0784 e. The van der Waals surface area contributed by atoms with Crippen LogP contribution in [0.25, 0.3) is 33.4 Å². The first-order chi connectivity index (χ1) is 20.0. The maximum absolute atomic E-state index is 6.12. The zero-order chi connectivity index (χ0) is 29.0. The largest absolute Gasteiger partial charge is 0.0827 e. The van der Waals surface area contributed by atoms with Gasteiger partial charge >= 0.3 is 0 Å². The van der Waals surface area contributed by atoms with Crippen molar-refractivity contribution >= 4 is 58.0 Å². The topological polar surface area (TPSA) is 0 Å². The minimum Gasteiger partial charge on any atom is -0.0827 e. The van der Waals surface area contributed by atoms with Crippen LogP contribution in [0.15, 0.2) is 152 Å². The normalized spacial score (nSPS) is 10.1. The number of benzene rings is 6. The average Bonchev–Trinajstić information content (AvgIpc) is 3.04. The fourth-order valence-electron chi connectivity index (χ4n) is 3.97. The molecule has 0 aromatic heterocycles. The molecule has 6 aromatic rings. The Labute approximate surface area is 266 Å². The number of rotatable bonds is 3. The molecular weight excluding hydrogens is 610 g/mol. The molecule has 0 radical (unpaired) electrons. The summed E-state index contributed by atoms with van der Waals surface area (Å²) in [6, 6.07) is 49.8. The summed E-state index contributed by atoms with van der Waals surface area (Å²) in [5.41, 5.74) is 6.53. The molecule has 0 fully saturated rings. The second-order valence-corrected chi connectivity index (χ2v) is 10.7. The molecule has 0 nitrogen and oxygen atoms in total. The fraction of sp³-hybridized carbons (Fsp3) is 0. The summed E-state index contributed by atoms with van der Waals surface area (Å²) in [6.45, 7) is 0. The Hall–Kier alpha value is -3.23. The van der Waals surface area contributed by atoms with E-state index in [1.807, 2.05) is 91.0 Å². The van der Waals surface area contributed by atoms with Crippen LogP contribution >= 0.6 is 58.0 Å². The fourth-order valence-corrected chi connectivity index (χ4v) is 5.03. The van der Waals surface area contributed by atoms with Gasteiger partial charge in [-0.2, -0.15) is 0 Å². The summed E-state index contributed by atoms with van der Waals surface area (Å²) in [5.74, 6) is 0. The van der Waals surface area contributed by atoms with E-state index in [0.717, 1.165) is 22.3 Å². The lowest BCUT2D eigenvalue weighted by Gasteiger charge is -2.06. The van der Waals surface area contributed by atoms with Gasteiger partial charge in [0, 0.05) is 11.1 Å². The van der Waals surface area contributed by atoms with Crippen molar-refractivity contribution in [3.8, 4) is 33.4 Å². The molecule has 5 heteroatoms. The maximum Gasteiger partial charge on any atom is 0.0784 e. The summed E-state index contributed by atoms with van der Waals surface area (Å²) in [6.07, 6.45) is 0. The highest BCUT2D eigenvalue weighted by Gasteiger charge is 2.09. The van der Waals surface area contributed by atoms with Gasteiger partial charge in [-0.3, -0.25) is 0 Å². The lowest BCUT2D eigenvalue weighted by Crippen LogP contribution is -1.81. The van der Waals surface area contributed by atoms with Gasteiger partial charge in [0.1, 0.15) is 0 Å². The molecule has 0 aliphatic heterocycles. The van der Waals surface area contributed by atoms with Crippen LogP contribution in [0, 0.1) is 0 Å².